The lowest BCUT2D eigenvalue weighted by atomic mass is 10.2. The van der Waals surface area contributed by atoms with Gasteiger partial charge in [-0.2, -0.15) is 0 Å². The van der Waals surface area contributed by atoms with Crippen molar-refractivity contribution in [3.8, 4) is 0 Å². The Morgan fingerprint density at radius 2 is 2.10 bits per heavy atom. The van der Waals surface area contributed by atoms with Gasteiger partial charge < -0.3 is 16.0 Å². The lowest BCUT2D eigenvalue weighted by molar-refractivity contribution is 0.229. The average molecular weight is 353 g/mol. The molecule has 2 amide bonds. The van der Waals surface area contributed by atoms with Crippen molar-refractivity contribution >= 4 is 28.0 Å². The van der Waals surface area contributed by atoms with E-state index in [4.69, 9.17) is 0 Å². The number of amides is 2. The molecular weight excluding hydrogens is 332 g/mol. The molecule has 0 spiro atoms. The van der Waals surface area contributed by atoms with Gasteiger partial charge in [-0.1, -0.05) is 34.1 Å². The number of halogens is 1. The van der Waals surface area contributed by atoms with Crippen LogP contribution in [0.15, 0.2) is 34.9 Å². The van der Waals surface area contributed by atoms with E-state index < -0.39 is 0 Å². The van der Waals surface area contributed by atoms with E-state index >= 15 is 0 Å². The van der Waals surface area contributed by atoms with Gasteiger partial charge in [-0.15, -0.1) is 0 Å². The zero-order valence-corrected chi connectivity index (χ0v) is 13.5. The second-order valence-corrected chi connectivity index (χ2v) is 5.70. The van der Waals surface area contributed by atoms with Crippen LogP contribution in [0.5, 0.6) is 0 Å². The van der Waals surface area contributed by atoms with Crippen LogP contribution in [-0.2, 0) is 0 Å². The summed E-state index contributed by atoms with van der Waals surface area (Å²) in [7, 11) is 0. The van der Waals surface area contributed by atoms with Gasteiger partial charge in [0.25, 0.3) is 0 Å². The Labute approximate surface area is 133 Å². The number of nitrogens with zero attached hydrogens (tertiary/aromatic N) is 1. The molecule has 1 aromatic rings. The van der Waals surface area contributed by atoms with Crippen LogP contribution in [0.4, 0.5) is 4.79 Å². The third-order valence-corrected chi connectivity index (χ3v) is 4.03. The largest absolute Gasteiger partial charge is 0.337 e. The second-order valence-electron chi connectivity index (χ2n) is 4.85. The summed E-state index contributed by atoms with van der Waals surface area (Å²) >= 11 is 3.46. The fourth-order valence-corrected chi connectivity index (χ4v) is 2.55. The number of nitrogens with one attached hydrogen (secondary N) is 3. The molecule has 0 aliphatic carbocycles. The van der Waals surface area contributed by atoms with Gasteiger partial charge in [-0.05, 0) is 17.7 Å². The Morgan fingerprint density at radius 1 is 1.33 bits per heavy atom. The van der Waals surface area contributed by atoms with E-state index in [-0.39, 0.29) is 6.03 Å². The minimum atomic E-state index is -0.173. The fourth-order valence-electron chi connectivity index (χ4n) is 2.13. The number of urea groups is 1. The van der Waals surface area contributed by atoms with Gasteiger partial charge in [0.2, 0.25) is 0 Å². The Kier molecular flexibility index (Phi) is 6.72. The zero-order chi connectivity index (χ0) is 14.9. The molecule has 0 radical (unpaired) electrons. The minimum Gasteiger partial charge on any atom is -0.337 e. The molecule has 1 saturated heterocycles. The Bertz CT molecular complexity index is 486. The SMILES string of the molecule is O=C(N/C=C/c1ccccc1Br)NCCN1CCNCC1. The van der Waals surface area contributed by atoms with E-state index in [1.165, 1.54) is 0 Å². The molecule has 3 N–H and O–H groups in total. The van der Waals surface area contributed by atoms with E-state index in [2.05, 4.69) is 36.8 Å². The monoisotopic (exact) mass is 352 g/mol. The summed E-state index contributed by atoms with van der Waals surface area (Å²) in [4.78, 5) is 14.0. The highest BCUT2D eigenvalue weighted by atomic mass is 79.9. The van der Waals surface area contributed by atoms with E-state index in [0.717, 1.165) is 42.8 Å². The standard InChI is InChI=1S/C15H21BrN4O/c16-14-4-2-1-3-13(14)5-6-18-15(21)19-9-12-20-10-7-17-8-11-20/h1-6,17H,7-12H2,(H2,18,19,21)/b6-5+. The predicted octanol–water partition coefficient (Wildman–Crippen LogP) is 1.62. The Morgan fingerprint density at radius 3 is 2.86 bits per heavy atom. The molecule has 1 aliphatic heterocycles. The van der Waals surface area contributed by atoms with Crippen molar-refractivity contribution in [2.45, 2.75) is 0 Å². The van der Waals surface area contributed by atoms with Gasteiger partial charge in [-0.25, -0.2) is 4.79 Å². The summed E-state index contributed by atoms with van der Waals surface area (Å²) in [5.41, 5.74) is 1.03. The maximum absolute atomic E-state index is 11.6. The van der Waals surface area contributed by atoms with Crippen LogP contribution in [-0.4, -0.2) is 50.2 Å². The molecule has 0 aromatic heterocycles. The smallest absolute Gasteiger partial charge is 0.318 e. The van der Waals surface area contributed by atoms with Crippen LogP contribution in [0.1, 0.15) is 5.56 Å². The molecule has 5 nitrogen and oxygen atoms in total. The molecular formula is C15H21BrN4O. The van der Waals surface area contributed by atoms with Crippen molar-refractivity contribution in [1.82, 2.24) is 20.9 Å². The molecule has 1 aromatic carbocycles. The number of hydrogen-bond donors (Lipinski definition) is 3. The van der Waals surface area contributed by atoms with Crippen molar-refractivity contribution in [2.24, 2.45) is 0 Å². The maximum atomic E-state index is 11.6. The van der Waals surface area contributed by atoms with Gasteiger partial charge in [0.1, 0.15) is 0 Å². The molecule has 21 heavy (non-hydrogen) atoms. The number of hydrogen-bond acceptors (Lipinski definition) is 3. The van der Waals surface area contributed by atoms with Crippen LogP contribution >= 0.6 is 15.9 Å². The van der Waals surface area contributed by atoms with Gasteiger partial charge in [-0.3, -0.25) is 4.90 Å². The first-order valence-electron chi connectivity index (χ1n) is 7.14. The highest BCUT2D eigenvalue weighted by molar-refractivity contribution is 9.10. The summed E-state index contributed by atoms with van der Waals surface area (Å²) in [6.45, 7) is 5.70. The van der Waals surface area contributed by atoms with Gasteiger partial charge in [0.15, 0.2) is 0 Å². The van der Waals surface area contributed by atoms with Crippen molar-refractivity contribution < 1.29 is 4.79 Å². The Balaban J connectivity index is 1.64. The third kappa shape index (κ3) is 5.87. The molecule has 114 valence electrons. The number of carbonyl (C=O) groups excluding carboxylic acids is 1. The first kappa shape index (κ1) is 16.0. The fraction of sp³-hybridized carbons (Fsp3) is 0.400. The average Bonchev–Trinajstić information content (AvgIpc) is 2.50. The van der Waals surface area contributed by atoms with Crippen LogP contribution in [0.3, 0.4) is 0 Å². The van der Waals surface area contributed by atoms with Gasteiger partial charge in [0, 0.05) is 49.9 Å². The number of piperazine rings is 1. The molecule has 0 unspecified atom stereocenters. The summed E-state index contributed by atoms with van der Waals surface area (Å²) in [6.07, 6.45) is 3.51. The number of benzene rings is 1. The third-order valence-electron chi connectivity index (χ3n) is 3.31. The van der Waals surface area contributed by atoms with Crippen molar-refractivity contribution in [3.05, 3.63) is 40.5 Å². The van der Waals surface area contributed by atoms with Crippen LogP contribution in [0.25, 0.3) is 6.08 Å². The summed E-state index contributed by atoms with van der Waals surface area (Å²) in [5.74, 6) is 0. The quantitative estimate of drug-likeness (QED) is 0.754. The van der Waals surface area contributed by atoms with E-state index in [9.17, 15) is 4.79 Å². The van der Waals surface area contributed by atoms with Crippen LogP contribution < -0.4 is 16.0 Å². The molecule has 0 saturated carbocycles. The van der Waals surface area contributed by atoms with Crippen molar-refractivity contribution in [1.29, 1.82) is 0 Å². The van der Waals surface area contributed by atoms with E-state index in [0.29, 0.717) is 6.54 Å². The van der Waals surface area contributed by atoms with Gasteiger partial charge >= 0.3 is 6.03 Å². The predicted molar refractivity (Wildman–Crippen MR) is 89.0 cm³/mol. The maximum Gasteiger partial charge on any atom is 0.318 e. The van der Waals surface area contributed by atoms with Crippen molar-refractivity contribution in [2.75, 3.05) is 39.3 Å². The summed E-state index contributed by atoms with van der Waals surface area (Å²) in [5, 5.41) is 8.88. The van der Waals surface area contributed by atoms with Crippen LogP contribution in [0, 0.1) is 0 Å². The van der Waals surface area contributed by atoms with Crippen molar-refractivity contribution in [3.63, 3.8) is 0 Å². The summed E-state index contributed by atoms with van der Waals surface area (Å²) < 4.78 is 1.00. The molecule has 1 fully saturated rings. The van der Waals surface area contributed by atoms with Crippen LogP contribution in [0.2, 0.25) is 0 Å². The minimum absolute atomic E-state index is 0.173. The Hall–Kier alpha value is -1.37. The lowest BCUT2D eigenvalue weighted by Gasteiger charge is -2.26. The first-order chi connectivity index (χ1) is 10.3. The van der Waals surface area contributed by atoms with E-state index in [1.807, 2.05) is 30.3 Å². The molecule has 2 rings (SSSR count). The molecule has 0 atom stereocenters. The zero-order valence-electron chi connectivity index (χ0n) is 11.9. The highest BCUT2D eigenvalue weighted by Gasteiger charge is 2.08. The molecule has 1 aliphatic rings. The van der Waals surface area contributed by atoms with E-state index in [1.54, 1.807) is 6.20 Å². The summed E-state index contributed by atoms with van der Waals surface area (Å²) in [6, 6.07) is 7.68. The molecule has 6 heteroatoms. The van der Waals surface area contributed by atoms with Gasteiger partial charge in [0.05, 0.1) is 0 Å². The topological polar surface area (TPSA) is 56.4 Å². The highest BCUT2D eigenvalue weighted by Crippen LogP contribution is 2.16. The normalized spacial score (nSPS) is 16.0. The number of carbonyl (C=O) groups is 1. The molecule has 0 bridgehead atoms. The first-order valence-corrected chi connectivity index (χ1v) is 7.93. The molecule has 1 heterocycles. The second kappa shape index (κ2) is 8.81. The lowest BCUT2D eigenvalue weighted by Crippen LogP contribution is -2.46. The number of rotatable bonds is 5.